The van der Waals surface area contributed by atoms with Crippen molar-refractivity contribution in [1.29, 1.82) is 0 Å². The summed E-state index contributed by atoms with van der Waals surface area (Å²) >= 11 is 0. The highest BCUT2D eigenvalue weighted by Crippen LogP contribution is 2.22. The predicted octanol–water partition coefficient (Wildman–Crippen LogP) is 3.79. The van der Waals surface area contributed by atoms with Crippen LogP contribution in [0.4, 0.5) is 17.7 Å². The van der Waals surface area contributed by atoms with Crippen LogP contribution in [0.2, 0.25) is 0 Å². The molecule has 0 saturated heterocycles. The van der Waals surface area contributed by atoms with Gasteiger partial charge in [0.05, 0.1) is 5.52 Å². The van der Waals surface area contributed by atoms with E-state index in [-0.39, 0.29) is 0 Å². The van der Waals surface area contributed by atoms with E-state index in [4.69, 9.17) is 4.74 Å². The van der Waals surface area contributed by atoms with Gasteiger partial charge in [0.25, 0.3) is 0 Å². The minimum absolute atomic E-state index is 0.370. The Balaban J connectivity index is 2.52. The number of benzene rings is 1. The molecule has 7 heteroatoms. The second-order valence-corrected chi connectivity index (χ2v) is 5.99. The van der Waals surface area contributed by atoms with Crippen molar-refractivity contribution in [2.45, 2.75) is 33.3 Å². The van der Waals surface area contributed by atoms with Gasteiger partial charge in [0.1, 0.15) is 5.60 Å². The van der Waals surface area contributed by atoms with Crippen molar-refractivity contribution >= 4 is 29.4 Å². The zero-order valence-corrected chi connectivity index (χ0v) is 12.3. The zero-order chi connectivity index (χ0) is 16.0. The van der Waals surface area contributed by atoms with E-state index in [0.717, 1.165) is 12.1 Å². The molecule has 0 radical (unpaired) electrons. The summed E-state index contributed by atoms with van der Waals surface area (Å²) in [5.74, 6) is 0. The van der Waals surface area contributed by atoms with E-state index in [1.54, 1.807) is 33.8 Å². The van der Waals surface area contributed by atoms with Gasteiger partial charge in [-0.3, -0.25) is 0 Å². The minimum atomic E-state index is -5.06. The third-order valence-corrected chi connectivity index (χ3v) is 2.96. The normalized spacial score (nSPS) is 12.7. The van der Waals surface area contributed by atoms with Crippen molar-refractivity contribution in [3.8, 4) is 0 Å². The largest absolute Gasteiger partial charge is 0.509 e. The molecule has 0 aliphatic carbocycles. The second kappa shape index (κ2) is 4.82. The summed E-state index contributed by atoms with van der Waals surface area (Å²) in [6.45, 7) is 1.80. The van der Waals surface area contributed by atoms with Gasteiger partial charge in [-0.25, -0.2) is 9.36 Å². The van der Waals surface area contributed by atoms with Crippen molar-refractivity contribution in [1.82, 2.24) is 4.57 Å². The molecule has 114 valence electrons. The Morgan fingerprint density at radius 2 is 1.81 bits per heavy atom. The summed E-state index contributed by atoms with van der Waals surface area (Å²) in [6.07, 6.45) is -0.597. The summed E-state index contributed by atoms with van der Waals surface area (Å²) in [5, 5.41) is 0.370. The molecule has 0 amide bonds. The SMILES string of the molecule is Cc1cc2cc([B-](F)(F)F)ccc2n1C(=O)OC(C)(C)C. The molecule has 3 nitrogen and oxygen atoms in total. The number of ether oxygens (including phenoxy) is 1. The van der Waals surface area contributed by atoms with Gasteiger partial charge in [-0.1, -0.05) is 12.1 Å². The van der Waals surface area contributed by atoms with Crippen LogP contribution < -0.4 is 5.46 Å². The van der Waals surface area contributed by atoms with Gasteiger partial charge < -0.3 is 17.7 Å². The molecule has 0 fully saturated rings. The second-order valence-electron chi connectivity index (χ2n) is 5.99. The van der Waals surface area contributed by atoms with Crippen LogP contribution in [-0.2, 0) is 4.74 Å². The van der Waals surface area contributed by atoms with Crippen LogP contribution in [-0.4, -0.2) is 23.2 Å². The first-order chi connectivity index (χ1) is 9.49. The number of halogens is 3. The van der Waals surface area contributed by atoms with E-state index in [0.29, 0.717) is 16.6 Å². The Morgan fingerprint density at radius 3 is 2.33 bits per heavy atom. The number of fused-ring (bicyclic) bond motifs is 1. The summed E-state index contributed by atoms with van der Waals surface area (Å²) in [4.78, 5) is 12.2. The number of carbonyl (C=O) groups is 1. The standard InChI is InChI=1S/C14H16BF3NO2/c1-9-7-10-8-11(15(16,17)18)5-6-12(10)19(9)13(20)21-14(2,3)4/h5-8H,1-4H3/q-1. The highest BCUT2D eigenvalue weighted by Gasteiger charge is 2.27. The summed E-state index contributed by atoms with van der Waals surface area (Å²) in [5.41, 5.74) is -0.407. The molecule has 0 unspecified atom stereocenters. The first-order valence-electron chi connectivity index (χ1n) is 6.54. The average molecular weight is 298 g/mol. The average Bonchev–Trinajstić information content (AvgIpc) is 2.59. The molecule has 2 rings (SSSR count). The molecule has 0 aliphatic rings. The number of nitrogens with zero attached hydrogens (tertiary/aromatic N) is 1. The molecule has 0 spiro atoms. The van der Waals surface area contributed by atoms with Crippen LogP contribution in [0.15, 0.2) is 24.3 Å². The summed E-state index contributed by atoms with van der Waals surface area (Å²) < 4.78 is 44.9. The third-order valence-electron chi connectivity index (χ3n) is 2.96. The Morgan fingerprint density at radius 1 is 1.19 bits per heavy atom. The minimum Gasteiger partial charge on any atom is -0.445 e. The first kappa shape index (κ1) is 15.5. The van der Waals surface area contributed by atoms with Crippen LogP contribution in [0.5, 0.6) is 0 Å². The van der Waals surface area contributed by atoms with Gasteiger partial charge in [-0.05, 0) is 45.2 Å². The lowest BCUT2D eigenvalue weighted by atomic mass is 9.80. The van der Waals surface area contributed by atoms with Gasteiger partial charge in [0, 0.05) is 5.69 Å². The van der Waals surface area contributed by atoms with Crippen molar-refractivity contribution in [3.63, 3.8) is 0 Å². The topological polar surface area (TPSA) is 31.2 Å². The molecule has 0 atom stereocenters. The highest BCUT2D eigenvalue weighted by atomic mass is 19.4. The molecule has 0 aliphatic heterocycles. The molecule has 0 bridgehead atoms. The molecule has 1 heterocycles. The molecule has 0 saturated carbocycles. The molecular weight excluding hydrogens is 282 g/mol. The first-order valence-corrected chi connectivity index (χ1v) is 6.54. The predicted molar refractivity (Wildman–Crippen MR) is 77.0 cm³/mol. The van der Waals surface area contributed by atoms with Crippen LogP contribution in [0, 0.1) is 6.92 Å². The van der Waals surface area contributed by atoms with E-state index < -0.39 is 24.1 Å². The third kappa shape index (κ3) is 3.23. The van der Waals surface area contributed by atoms with E-state index >= 15 is 0 Å². The Kier molecular flexibility index (Phi) is 3.55. The van der Waals surface area contributed by atoms with Crippen molar-refractivity contribution in [2.24, 2.45) is 0 Å². The number of carbonyl (C=O) groups excluding carboxylic acids is 1. The van der Waals surface area contributed by atoms with Crippen LogP contribution in [0.1, 0.15) is 26.5 Å². The molecule has 1 aromatic carbocycles. The maximum Gasteiger partial charge on any atom is 0.509 e. The van der Waals surface area contributed by atoms with Gasteiger partial charge in [-0.15, -0.1) is 5.46 Å². The van der Waals surface area contributed by atoms with Crippen LogP contribution in [0.25, 0.3) is 10.9 Å². The molecule has 21 heavy (non-hydrogen) atoms. The monoisotopic (exact) mass is 298 g/mol. The number of aryl methyl sites for hydroxylation is 1. The highest BCUT2D eigenvalue weighted by molar-refractivity contribution is 6.73. The molecule has 2 aromatic rings. The van der Waals surface area contributed by atoms with Crippen molar-refractivity contribution < 1.29 is 22.5 Å². The fourth-order valence-electron chi connectivity index (χ4n) is 2.13. The van der Waals surface area contributed by atoms with E-state index in [9.17, 15) is 17.7 Å². The zero-order valence-electron chi connectivity index (χ0n) is 12.3. The molecule has 0 N–H and O–H groups in total. The number of hydrogen-bond donors (Lipinski definition) is 0. The van der Waals surface area contributed by atoms with Crippen LogP contribution in [0.3, 0.4) is 0 Å². The Labute approximate surface area is 120 Å². The number of aromatic nitrogens is 1. The smallest absolute Gasteiger partial charge is 0.445 e. The Bertz CT molecular complexity index is 699. The molecular formula is C14H16BF3NO2-. The summed E-state index contributed by atoms with van der Waals surface area (Å²) in [6, 6.07) is 4.90. The van der Waals surface area contributed by atoms with Gasteiger partial charge >= 0.3 is 13.1 Å². The lowest BCUT2D eigenvalue weighted by Gasteiger charge is -2.20. The van der Waals surface area contributed by atoms with Gasteiger partial charge in [-0.2, -0.15) is 0 Å². The Hall–Kier alpha value is -1.92. The number of hydrogen-bond acceptors (Lipinski definition) is 2. The lowest BCUT2D eigenvalue weighted by Crippen LogP contribution is -2.33. The number of rotatable bonds is 1. The summed E-state index contributed by atoms with van der Waals surface area (Å²) in [7, 11) is 0. The lowest BCUT2D eigenvalue weighted by molar-refractivity contribution is 0.0541. The molecule has 1 aromatic heterocycles. The maximum atomic E-state index is 12.8. The fraction of sp³-hybridized carbons (Fsp3) is 0.357. The van der Waals surface area contributed by atoms with E-state index in [1.807, 2.05) is 0 Å². The van der Waals surface area contributed by atoms with Gasteiger partial charge in [0.15, 0.2) is 0 Å². The van der Waals surface area contributed by atoms with Crippen molar-refractivity contribution in [3.05, 3.63) is 30.0 Å². The van der Waals surface area contributed by atoms with Crippen molar-refractivity contribution in [2.75, 3.05) is 0 Å². The quantitative estimate of drug-likeness (QED) is 0.750. The van der Waals surface area contributed by atoms with Gasteiger partial charge in [0.2, 0.25) is 0 Å². The fourth-order valence-corrected chi connectivity index (χ4v) is 2.13. The van der Waals surface area contributed by atoms with E-state index in [2.05, 4.69) is 0 Å². The van der Waals surface area contributed by atoms with Crippen LogP contribution >= 0.6 is 0 Å². The maximum absolute atomic E-state index is 12.8. The van der Waals surface area contributed by atoms with E-state index in [1.165, 1.54) is 10.6 Å².